The zero-order valence-corrected chi connectivity index (χ0v) is 16.3. The van der Waals surface area contributed by atoms with E-state index in [-0.39, 0.29) is 36.8 Å². The number of carbonyl (C=O) groups is 1. The van der Waals surface area contributed by atoms with Crippen molar-refractivity contribution in [2.45, 2.75) is 25.8 Å². The van der Waals surface area contributed by atoms with Crippen LogP contribution in [0.1, 0.15) is 19.2 Å². The van der Waals surface area contributed by atoms with Crippen LogP contribution in [0.4, 0.5) is 0 Å². The van der Waals surface area contributed by atoms with Crippen LogP contribution in [0.3, 0.4) is 0 Å². The molecule has 2 aromatic rings. The molecule has 0 radical (unpaired) electrons. The lowest BCUT2D eigenvalue weighted by molar-refractivity contribution is -0.134. The number of amides is 1. The average Bonchev–Trinajstić information content (AvgIpc) is 3.02. The van der Waals surface area contributed by atoms with Crippen LogP contribution >= 0.6 is 36.4 Å². The molecule has 0 spiro atoms. The van der Waals surface area contributed by atoms with Gasteiger partial charge in [0.2, 0.25) is 5.91 Å². The summed E-state index contributed by atoms with van der Waals surface area (Å²) in [6, 6.07) is 7.71. The first-order chi connectivity index (χ1) is 11.1. The van der Waals surface area contributed by atoms with E-state index in [0.29, 0.717) is 29.5 Å². The standard InChI is InChI=1S/C17H20ClN3O2.2ClH/c1-12-10-19-8-9-21(12)17(22)7-6-16-20-11-15(23-16)13-4-2-3-5-14(13)18;;/h2-5,11-12,19H,6-10H2,1H3;2*1H/t12-;;/m1../s1. The van der Waals surface area contributed by atoms with Gasteiger partial charge in [0.1, 0.15) is 0 Å². The van der Waals surface area contributed by atoms with Crippen LogP contribution in [0, 0.1) is 0 Å². The van der Waals surface area contributed by atoms with Crippen molar-refractivity contribution in [3.63, 3.8) is 0 Å². The number of nitrogens with one attached hydrogen (secondary N) is 1. The molecule has 0 aliphatic carbocycles. The molecule has 1 aromatic carbocycles. The molecular weight excluding hydrogens is 385 g/mol. The van der Waals surface area contributed by atoms with E-state index in [0.717, 1.165) is 25.2 Å². The fourth-order valence-electron chi connectivity index (χ4n) is 2.78. The molecule has 1 atom stereocenters. The molecule has 1 saturated heterocycles. The van der Waals surface area contributed by atoms with Crippen LogP contribution in [0.5, 0.6) is 0 Å². The third-order valence-corrected chi connectivity index (χ3v) is 4.40. The summed E-state index contributed by atoms with van der Waals surface area (Å²) in [7, 11) is 0. The SMILES string of the molecule is C[C@@H]1CNCCN1C(=O)CCc1ncc(-c2ccccc2Cl)o1.Cl.Cl. The molecule has 2 heterocycles. The van der Waals surface area contributed by atoms with Crippen molar-refractivity contribution in [3.05, 3.63) is 41.4 Å². The van der Waals surface area contributed by atoms with Gasteiger partial charge in [-0.1, -0.05) is 23.7 Å². The van der Waals surface area contributed by atoms with Crippen LogP contribution in [-0.4, -0.2) is 41.5 Å². The largest absolute Gasteiger partial charge is 0.441 e. The molecule has 1 aliphatic rings. The lowest BCUT2D eigenvalue weighted by Gasteiger charge is -2.34. The Hall–Kier alpha value is -1.27. The number of nitrogens with zero attached hydrogens (tertiary/aromatic N) is 2. The maximum Gasteiger partial charge on any atom is 0.223 e. The quantitative estimate of drug-likeness (QED) is 0.843. The first kappa shape index (κ1) is 21.8. The molecule has 5 nitrogen and oxygen atoms in total. The van der Waals surface area contributed by atoms with Crippen molar-refractivity contribution in [2.75, 3.05) is 19.6 Å². The molecule has 0 unspecified atom stereocenters. The fraction of sp³-hybridized carbons (Fsp3) is 0.412. The highest BCUT2D eigenvalue weighted by molar-refractivity contribution is 6.33. The minimum Gasteiger partial charge on any atom is -0.441 e. The summed E-state index contributed by atoms with van der Waals surface area (Å²) in [5, 5.41) is 3.91. The van der Waals surface area contributed by atoms with E-state index in [1.807, 2.05) is 29.2 Å². The Morgan fingerprint density at radius 1 is 1.40 bits per heavy atom. The highest BCUT2D eigenvalue weighted by Gasteiger charge is 2.23. The predicted molar refractivity (Wildman–Crippen MR) is 104 cm³/mol. The van der Waals surface area contributed by atoms with Crippen molar-refractivity contribution < 1.29 is 9.21 Å². The number of piperazine rings is 1. The smallest absolute Gasteiger partial charge is 0.223 e. The number of oxazole rings is 1. The molecular formula is C17H22Cl3N3O2. The monoisotopic (exact) mass is 405 g/mol. The Morgan fingerprint density at radius 2 is 2.16 bits per heavy atom. The number of hydrogen-bond donors (Lipinski definition) is 1. The van der Waals surface area contributed by atoms with Crippen molar-refractivity contribution in [1.29, 1.82) is 0 Å². The van der Waals surface area contributed by atoms with Gasteiger partial charge in [-0.05, 0) is 19.1 Å². The van der Waals surface area contributed by atoms with Crippen molar-refractivity contribution in [2.24, 2.45) is 0 Å². The summed E-state index contributed by atoms with van der Waals surface area (Å²) in [6.45, 7) is 4.52. The first-order valence-electron chi connectivity index (χ1n) is 7.85. The molecule has 138 valence electrons. The van der Waals surface area contributed by atoms with Gasteiger partial charge >= 0.3 is 0 Å². The van der Waals surface area contributed by atoms with Crippen LogP contribution < -0.4 is 5.32 Å². The molecule has 8 heteroatoms. The number of carbonyl (C=O) groups excluding carboxylic acids is 1. The Balaban J connectivity index is 0.00000156. The summed E-state index contributed by atoms with van der Waals surface area (Å²) in [5.41, 5.74) is 0.815. The van der Waals surface area contributed by atoms with Crippen molar-refractivity contribution >= 4 is 42.3 Å². The summed E-state index contributed by atoms with van der Waals surface area (Å²) >= 11 is 6.16. The third-order valence-electron chi connectivity index (χ3n) is 4.07. The topological polar surface area (TPSA) is 58.4 Å². The number of halogens is 3. The fourth-order valence-corrected chi connectivity index (χ4v) is 3.01. The van der Waals surface area contributed by atoms with E-state index < -0.39 is 0 Å². The van der Waals surface area contributed by atoms with Gasteiger partial charge in [-0.15, -0.1) is 24.8 Å². The zero-order valence-electron chi connectivity index (χ0n) is 13.9. The highest BCUT2D eigenvalue weighted by Crippen LogP contribution is 2.28. The van der Waals surface area contributed by atoms with Crippen LogP contribution in [0.25, 0.3) is 11.3 Å². The van der Waals surface area contributed by atoms with E-state index in [2.05, 4.69) is 17.2 Å². The van der Waals surface area contributed by atoms with E-state index in [4.69, 9.17) is 16.0 Å². The Labute approximate surface area is 164 Å². The Morgan fingerprint density at radius 3 is 2.88 bits per heavy atom. The normalized spacial score (nSPS) is 16.7. The molecule has 1 fully saturated rings. The minimum atomic E-state index is 0. The molecule has 1 amide bonds. The maximum atomic E-state index is 12.3. The van der Waals surface area contributed by atoms with Gasteiger partial charge in [0.05, 0.1) is 11.2 Å². The summed E-state index contributed by atoms with van der Waals surface area (Å²) in [6.07, 6.45) is 2.57. The highest BCUT2D eigenvalue weighted by atomic mass is 35.5. The first-order valence-corrected chi connectivity index (χ1v) is 8.22. The van der Waals surface area contributed by atoms with Gasteiger partial charge in [0, 0.05) is 44.1 Å². The number of benzene rings is 1. The van der Waals surface area contributed by atoms with E-state index in [9.17, 15) is 4.79 Å². The average molecular weight is 407 g/mol. The number of rotatable bonds is 4. The lowest BCUT2D eigenvalue weighted by atomic mass is 10.2. The molecule has 25 heavy (non-hydrogen) atoms. The van der Waals surface area contributed by atoms with Gasteiger partial charge < -0.3 is 14.6 Å². The molecule has 1 aromatic heterocycles. The number of aromatic nitrogens is 1. The van der Waals surface area contributed by atoms with Crippen LogP contribution in [-0.2, 0) is 11.2 Å². The van der Waals surface area contributed by atoms with E-state index in [1.54, 1.807) is 6.20 Å². The molecule has 0 saturated carbocycles. The van der Waals surface area contributed by atoms with E-state index >= 15 is 0 Å². The van der Waals surface area contributed by atoms with Gasteiger partial charge in [-0.3, -0.25) is 4.79 Å². The van der Waals surface area contributed by atoms with Gasteiger partial charge in [-0.25, -0.2) is 4.98 Å². The second-order valence-corrected chi connectivity index (χ2v) is 6.15. The second kappa shape index (κ2) is 10.0. The molecule has 3 rings (SSSR count). The molecule has 1 aliphatic heterocycles. The van der Waals surface area contributed by atoms with Crippen molar-refractivity contribution in [3.8, 4) is 11.3 Å². The maximum absolute atomic E-state index is 12.3. The summed E-state index contributed by atoms with van der Waals surface area (Å²) < 4.78 is 5.74. The summed E-state index contributed by atoms with van der Waals surface area (Å²) in [5.74, 6) is 1.35. The van der Waals surface area contributed by atoms with E-state index in [1.165, 1.54) is 0 Å². The van der Waals surface area contributed by atoms with Crippen LogP contribution in [0.2, 0.25) is 5.02 Å². The lowest BCUT2D eigenvalue weighted by Crippen LogP contribution is -2.52. The second-order valence-electron chi connectivity index (χ2n) is 5.74. The number of hydrogen-bond acceptors (Lipinski definition) is 4. The third kappa shape index (κ3) is 5.35. The summed E-state index contributed by atoms with van der Waals surface area (Å²) in [4.78, 5) is 18.5. The van der Waals surface area contributed by atoms with Gasteiger partial charge in [0.25, 0.3) is 0 Å². The predicted octanol–water partition coefficient (Wildman–Crippen LogP) is 3.59. The Kier molecular flexibility index (Phi) is 8.73. The zero-order chi connectivity index (χ0) is 16.2. The Bertz CT molecular complexity index is 693. The van der Waals surface area contributed by atoms with Gasteiger partial charge in [-0.2, -0.15) is 0 Å². The van der Waals surface area contributed by atoms with Crippen LogP contribution in [0.15, 0.2) is 34.9 Å². The van der Waals surface area contributed by atoms with Gasteiger partial charge in [0.15, 0.2) is 11.7 Å². The molecule has 1 N–H and O–H groups in total. The minimum absolute atomic E-state index is 0. The number of aryl methyl sites for hydroxylation is 1. The van der Waals surface area contributed by atoms with Crippen molar-refractivity contribution in [1.82, 2.24) is 15.2 Å². The molecule has 0 bridgehead atoms.